The number of hydrogen-bond acceptors (Lipinski definition) is 2. The van der Waals surface area contributed by atoms with Crippen molar-refractivity contribution in [1.29, 1.82) is 0 Å². The maximum Gasteiger partial charge on any atom is 0.0273 e. The second-order valence-corrected chi connectivity index (χ2v) is 6.08. The van der Waals surface area contributed by atoms with E-state index in [9.17, 15) is 0 Å². The minimum absolute atomic E-state index is 0.125. The molecule has 78 valence electrons. The number of aryl methyl sites for hydroxylation is 2. The highest BCUT2D eigenvalue weighted by Crippen LogP contribution is 2.33. The standard InChI is InChI=1S/C12H19NS/c1-9-5-6-11(10(2)7-9)14-12(3,4)8-13/h5-7H,8,13H2,1-4H3. The van der Waals surface area contributed by atoms with Gasteiger partial charge in [-0.3, -0.25) is 0 Å². The van der Waals surface area contributed by atoms with E-state index >= 15 is 0 Å². The molecule has 0 fully saturated rings. The van der Waals surface area contributed by atoms with E-state index in [1.807, 2.05) is 11.8 Å². The Morgan fingerprint density at radius 1 is 1.29 bits per heavy atom. The van der Waals surface area contributed by atoms with Gasteiger partial charge in [-0.25, -0.2) is 0 Å². The van der Waals surface area contributed by atoms with Crippen LogP contribution in [-0.4, -0.2) is 11.3 Å². The first-order valence-corrected chi connectivity index (χ1v) is 5.72. The predicted octanol–water partition coefficient (Wildman–Crippen LogP) is 3.13. The van der Waals surface area contributed by atoms with Crippen molar-refractivity contribution in [2.75, 3.05) is 6.54 Å². The number of thioether (sulfide) groups is 1. The van der Waals surface area contributed by atoms with Gasteiger partial charge in [0.2, 0.25) is 0 Å². The van der Waals surface area contributed by atoms with E-state index in [0.29, 0.717) is 6.54 Å². The molecule has 0 saturated carbocycles. The summed E-state index contributed by atoms with van der Waals surface area (Å²) < 4.78 is 0.125. The van der Waals surface area contributed by atoms with Crippen LogP contribution in [0, 0.1) is 13.8 Å². The van der Waals surface area contributed by atoms with E-state index in [1.54, 1.807) is 0 Å². The summed E-state index contributed by atoms with van der Waals surface area (Å²) in [6, 6.07) is 6.56. The SMILES string of the molecule is Cc1ccc(SC(C)(C)CN)c(C)c1. The van der Waals surface area contributed by atoms with Crippen LogP contribution in [0.25, 0.3) is 0 Å². The van der Waals surface area contributed by atoms with Crippen LogP contribution in [0.15, 0.2) is 23.1 Å². The van der Waals surface area contributed by atoms with Gasteiger partial charge in [0.15, 0.2) is 0 Å². The van der Waals surface area contributed by atoms with E-state index < -0.39 is 0 Å². The average molecular weight is 209 g/mol. The first-order chi connectivity index (χ1) is 6.44. The first-order valence-electron chi connectivity index (χ1n) is 4.91. The Morgan fingerprint density at radius 3 is 2.43 bits per heavy atom. The van der Waals surface area contributed by atoms with Crippen LogP contribution >= 0.6 is 11.8 Å². The Morgan fingerprint density at radius 2 is 1.93 bits per heavy atom. The summed E-state index contributed by atoms with van der Waals surface area (Å²) in [6.07, 6.45) is 0. The summed E-state index contributed by atoms with van der Waals surface area (Å²) >= 11 is 1.86. The smallest absolute Gasteiger partial charge is 0.0273 e. The fraction of sp³-hybridized carbons (Fsp3) is 0.500. The van der Waals surface area contributed by atoms with Crippen LogP contribution in [0.3, 0.4) is 0 Å². The van der Waals surface area contributed by atoms with Gasteiger partial charge in [0, 0.05) is 16.2 Å². The second-order valence-electron chi connectivity index (χ2n) is 4.33. The molecule has 1 nitrogen and oxygen atoms in total. The molecule has 1 aromatic rings. The Hall–Kier alpha value is -0.470. The molecule has 1 aromatic carbocycles. The molecule has 2 heteroatoms. The van der Waals surface area contributed by atoms with Gasteiger partial charge in [-0.1, -0.05) is 17.7 Å². The lowest BCUT2D eigenvalue weighted by atomic mass is 10.2. The van der Waals surface area contributed by atoms with Gasteiger partial charge in [-0.2, -0.15) is 0 Å². The lowest BCUT2D eigenvalue weighted by Crippen LogP contribution is -2.26. The van der Waals surface area contributed by atoms with Gasteiger partial charge in [-0.05, 0) is 39.3 Å². The molecule has 0 radical (unpaired) electrons. The Labute approximate surface area is 91.1 Å². The fourth-order valence-electron chi connectivity index (χ4n) is 1.25. The number of benzene rings is 1. The zero-order valence-corrected chi connectivity index (χ0v) is 10.2. The number of nitrogens with two attached hydrogens (primary N) is 1. The molecule has 14 heavy (non-hydrogen) atoms. The monoisotopic (exact) mass is 209 g/mol. The van der Waals surface area contributed by atoms with E-state index in [1.165, 1.54) is 16.0 Å². The van der Waals surface area contributed by atoms with Gasteiger partial charge in [0.05, 0.1) is 0 Å². The maximum absolute atomic E-state index is 5.71. The summed E-state index contributed by atoms with van der Waals surface area (Å²) in [5.41, 5.74) is 8.37. The third-order valence-electron chi connectivity index (χ3n) is 2.21. The van der Waals surface area contributed by atoms with E-state index in [0.717, 1.165) is 0 Å². The van der Waals surface area contributed by atoms with E-state index in [2.05, 4.69) is 45.9 Å². The van der Waals surface area contributed by atoms with Crippen molar-refractivity contribution >= 4 is 11.8 Å². The normalized spacial score (nSPS) is 11.8. The Kier molecular flexibility index (Phi) is 3.62. The quantitative estimate of drug-likeness (QED) is 0.774. The summed E-state index contributed by atoms with van der Waals surface area (Å²) in [5.74, 6) is 0. The van der Waals surface area contributed by atoms with Gasteiger partial charge < -0.3 is 5.73 Å². The molecular weight excluding hydrogens is 190 g/mol. The van der Waals surface area contributed by atoms with Crippen molar-refractivity contribution in [2.45, 2.75) is 37.3 Å². The molecule has 2 N–H and O–H groups in total. The van der Waals surface area contributed by atoms with Crippen molar-refractivity contribution in [1.82, 2.24) is 0 Å². The molecule has 0 spiro atoms. The fourth-order valence-corrected chi connectivity index (χ4v) is 2.29. The third kappa shape index (κ3) is 3.03. The average Bonchev–Trinajstić information content (AvgIpc) is 2.10. The molecule has 1 rings (SSSR count). The van der Waals surface area contributed by atoms with Gasteiger partial charge in [-0.15, -0.1) is 11.8 Å². The van der Waals surface area contributed by atoms with Crippen LogP contribution in [-0.2, 0) is 0 Å². The summed E-state index contributed by atoms with van der Waals surface area (Å²) in [6.45, 7) is 9.33. The van der Waals surface area contributed by atoms with Crippen molar-refractivity contribution in [3.8, 4) is 0 Å². The maximum atomic E-state index is 5.71. The highest BCUT2D eigenvalue weighted by Gasteiger charge is 2.17. The molecule has 0 bridgehead atoms. The number of rotatable bonds is 3. The van der Waals surface area contributed by atoms with Gasteiger partial charge in [0.25, 0.3) is 0 Å². The van der Waals surface area contributed by atoms with Crippen LogP contribution in [0.5, 0.6) is 0 Å². The van der Waals surface area contributed by atoms with Crippen LogP contribution in [0.1, 0.15) is 25.0 Å². The Balaban J connectivity index is 2.87. The first kappa shape index (κ1) is 11.6. The van der Waals surface area contributed by atoms with Gasteiger partial charge >= 0.3 is 0 Å². The molecule has 0 aliphatic carbocycles. The molecule has 0 unspecified atom stereocenters. The Bertz CT molecular complexity index is 318. The predicted molar refractivity (Wildman–Crippen MR) is 64.9 cm³/mol. The zero-order chi connectivity index (χ0) is 10.8. The minimum atomic E-state index is 0.125. The molecule has 0 aromatic heterocycles. The van der Waals surface area contributed by atoms with Crippen molar-refractivity contribution in [3.63, 3.8) is 0 Å². The largest absolute Gasteiger partial charge is 0.329 e. The molecule has 0 atom stereocenters. The molecule has 0 heterocycles. The summed E-state index contributed by atoms with van der Waals surface area (Å²) in [7, 11) is 0. The summed E-state index contributed by atoms with van der Waals surface area (Å²) in [5, 5.41) is 0. The highest BCUT2D eigenvalue weighted by molar-refractivity contribution is 8.00. The molecular formula is C12H19NS. The van der Waals surface area contributed by atoms with E-state index in [4.69, 9.17) is 5.73 Å². The molecule has 0 aliphatic rings. The van der Waals surface area contributed by atoms with Crippen LogP contribution < -0.4 is 5.73 Å². The highest BCUT2D eigenvalue weighted by atomic mass is 32.2. The summed E-state index contributed by atoms with van der Waals surface area (Å²) in [4.78, 5) is 1.34. The van der Waals surface area contributed by atoms with Crippen molar-refractivity contribution in [2.24, 2.45) is 5.73 Å². The van der Waals surface area contributed by atoms with Crippen molar-refractivity contribution in [3.05, 3.63) is 29.3 Å². The second kappa shape index (κ2) is 4.37. The van der Waals surface area contributed by atoms with Crippen molar-refractivity contribution < 1.29 is 0 Å². The lowest BCUT2D eigenvalue weighted by molar-refractivity contribution is 0.722. The van der Waals surface area contributed by atoms with Crippen LogP contribution in [0.2, 0.25) is 0 Å². The topological polar surface area (TPSA) is 26.0 Å². The molecule has 0 amide bonds. The molecule has 0 saturated heterocycles. The van der Waals surface area contributed by atoms with Gasteiger partial charge in [0.1, 0.15) is 0 Å². The minimum Gasteiger partial charge on any atom is -0.329 e. The lowest BCUT2D eigenvalue weighted by Gasteiger charge is -2.22. The molecule has 0 aliphatic heterocycles. The van der Waals surface area contributed by atoms with E-state index in [-0.39, 0.29) is 4.75 Å². The van der Waals surface area contributed by atoms with Crippen LogP contribution in [0.4, 0.5) is 0 Å². The number of hydrogen-bond donors (Lipinski definition) is 1. The zero-order valence-electron chi connectivity index (χ0n) is 9.42. The third-order valence-corrected chi connectivity index (χ3v) is 3.61.